The van der Waals surface area contributed by atoms with Gasteiger partial charge in [-0.05, 0) is 30.7 Å². The molecule has 0 fully saturated rings. The van der Waals surface area contributed by atoms with Gasteiger partial charge in [-0.3, -0.25) is 9.59 Å². The number of hydrogen-bond acceptors (Lipinski definition) is 4. The molecule has 16 heavy (non-hydrogen) atoms. The Morgan fingerprint density at radius 2 is 2.19 bits per heavy atom. The average molecular weight is 239 g/mol. The average Bonchev–Trinajstić information content (AvgIpc) is 2.69. The van der Waals surface area contributed by atoms with Crippen LogP contribution in [0.3, 0.4) is 0 Å². The lowest BCUT2D eigenvalue weighted by Crippen LogP contribution is -2.41. The zero-order valence-corrected chi connectivity index (χ0v) is 9.88. The first kappa shape index (κ1) is 12.4. The predicted molar refractivity (Wildman–Crippen MR) is 63.3 cm³/mol. The number of rotatable bonds is 3. The zero-order valence-electron chi connectivity index (χ0n) is 9.06. The minimum Gasteiger partial charge on any atom is -0.346 e. The topological polar surface area (TPSA) is 70.6 Å². The van der Waals surface area contributed by atoms with Gasteiger partial charge in [0, 0.05) is 11.6 Å². The number of carbonyl (C=O) groups is 2. The Morgan fingerprint density at radius 3 is 2.75 bits per heavy atom. The monoisotopic (exact) mass is 239 g/mol. The van der Waals surface area contributed by atoms with E-state index in [2.05, 4.69) is 15.8 Å². The molecule has 5 nitrogen and oxygen atoms in total. The van der Waals surface area contributed by atoms with E-state index in [4.69, 9.17) is 0 Å². The normalized spacial score (nSPS) is 10.7. The summed E-state index contributed by atoms with van der Waals surface area (Å²) in [5.74, 6) is -1.45. The highest BCUT2D eigenvalue weighted by molar-refractivity contribution is 7.08. The summed E-state index contributed by atoms with van der Waals surface area (Å²) in [6.07, 6.45) is 1.48. The van der Waals surface area contributed by atoms with Crippen molar-refractivity contribution in [2.45, 2.75) is 19.9 Å². The molecule has 0 saturated heterocycles. The van der Waals surface area contributed by atoms with Crippen LogP contribution in [0.1, 0.15) is 19.4 Å². The van der Waals surface area contributed by atoms with Crippen molar-refractivity contribution in [3.63, 3.8) is 0 Å². The van der Waals surface area contributed by atoms with Gasteiger partial charge in [-0.1, -0.05) is 0 Å². The summed E-state index contributed by atoms with van der Waals surface area (Å²) in [5.41, 5.74) is 3.03. The SMILES string of the molecule is CC(C)NC(=O)C(=O)N/N=C\c1ccsc1. The Labute approximate surface area is 97.5 Å². The molecule has 0 unspecified atom stereocenters. The van der Waals surface area contributed by atoms with Crippen molar-refractivity contribution in [3.8, 4) is 0 Å². The number of hydrazone groups is 1. The number of amides is 2. The maximum absolute atomic E-state index is 11.2. The highest BCUT2D eigenvalue weighted by atomic mass is 32.1. The number of nitrogens with zero attached hydrogens (tertiary/aromatic N) is 1. The molecule has 2 N–H and O–H groups in total. The molecule has 0 aromatic carbocycles. The van der Waals surface area contributed by atoms with E-state index in [1.165, 1.54) is 17.6 Å². The van der Waals surface area contributed by atoms with Crippen LogP contribution in [-0.2, 0) is 9.59 Å². The van der Waals surface area contributed by atoms with Crippen molar-refractivity contribution in [2.75, 3.05) is 0 Å². The van der Waals surface area contributed by atoms with Crippen LogP contribution in [0.2, 0.25) is 0 Å². The van der Waals surface area contributed by atoms with Crippen molar-refractivity contribution in [2.24, 2.45) is 5.10 Å². The molecule has 0 atom stereocenters. The molecule has 0 aliphatic rings. The van der Waals surface area contributed by atoms with E-state index in [0.717, 1.165) is 5.56 Å². The van der Waals surface area contributed by atoms with Crippen LogP contribution >= 0.6 is 11.3 Å². The third-order valence-electron chi connectivity index (χ3n) is 1.55. The van der Waals surface area contributed by atoms with Gasteiger partial charge in [0.05, 0.1) is 6.21 Å². The second-order valence-electron chi connectivity index (χ2n) is 3.38. The fourth-order valence-electron chi connectivity index (χ4n) is 0.892. The van der Waals surface area contributed by atoms with Crippen molar-refractivity contribution >= 4 is 29.4 Å². The fraction of sp³-hybridized carbons (Fsp3) is 0.300. The van der Waals surface area contributed by atoms with Gasteiger partial charge in [-0.2, -0.15) is 16.4 Å². The summed E-state index contributed by atoms with van der Waals surface area (Å²) < 4.78 is 0. The van der Waals surface area contributed by atoms with Crippen molar-refractivity contribution in [1.82, 2.24) is 10.7 Å². The molecular formula is C10H13N3O2S. The molecule has 86 valence electrons. The molecule has 2 amide bonds. The number of nitrogens with one attached hydrogen (secondary N) is 2. The molecular weight excluding hydrogens is 226 g/mol. The Balaban J connectivity index is 2.38. The maximum atomic E-state index is 11.2. The molecule has 0 spiro atoms. The van der Waals surface area contributed by atoms with Gasteiger partial charge in [-0.15, -0.1) is 0 Å². The zero-order chi connectivity index (χ0) is 12.0. The molecule has 6 heteroatoms. The molecule has 0 bridgehead atoms. The Hall–Kier alpha value is -1.69. The quantitative estimate of drug-likeness (QED) is 0.463. The van der Waals surface area contributed by atoms with Gasteiger partial charge in [0.2, 0.25) is 0 Å². The largest absolute Gasteiger partial charge is 0.346 e. The number of thiophene rings is 1. The molecule has 1 aromatic rings. The highest BCUT2D eigenvalue weighted by Gasteiger charge is 2.12. The summed E-state index contributed by atoms with van der Waals surface area (Å²) in [4.78, 5) is 22.3. The molecule has 0 aliphatic heterocycles. The first-order valence-corrected chi connectivity index (χ1v) is 5.70. The van der Waals surface area contributed by atoms with E-state index in [0.29, 0.717) is 0 Å². The molecule has 0 aliphatic carbocycles. The highest BCUT2D eigenvalue weighted by Crippen LogP contribution is 2.01. The predicted octanol–water partition coefficient (Wildman–Crippen LogP) is 0.723. The van der Waals surface area contributed by atoms with Crippen LogP contribution < -0.4 is 10.7 Å². The molecule has 0 radical (unpaired) electrons. The maximum Gasteiger partial charge on any atom is 0.329 e. The summed E-state index contributed by atoms with van der Waals surface area (Å²) in [6, 6.07) is 1.79. The fourth-order valence-corrected chi connectivity index (χ4v) is 1.50. The van der Waals surface area contributed by atoms with Crippen LogP contribution in [0.4, 0.5) is 0 Å². The molecule has 1 heterocycles. The second kappa shape index (κ2) is 6.02. The van der Waals surface area contributed by atoms with Gasteiger partial charge in [-0.25, -0.2) is 5.43 Å². The summed E-state index contributed by atoms with van der Waals surface area (Å²) in [6.45, 7) is 3.56. The van der Waals surface area contributed by atoms with E-state index in [9.17, 15) is 9.59 Å². The van der Waals surface area contributed by atoms with Crippen LogP contribution in [0.5, 0.6) is 0 Å². The Bertz CT molecular complexity index is 385. The first-order valence-electron chi connectivity index (χ1n) is 4.75. The Kier molecular flexibility index (Phi) is 4.65. The smallest absolute Gasteiger partial charge is 0.329 e. The van der Waals surface area contributed by atoms with Crippen LogP contribution in [0, 0.1) is 0 Å². The van der Waals surface area contributed by atoms with Crippen LogP contribution in [0.15, 0.2) is 21.9 Å². The Morgan fingerprint density at radius 1 is 1.44 bits per heavy atom. The number of hydrogen-bond donors (Lipinski definition) is 2. The molecule has 1 aromatic heterocycles. The lowest BCUT2D eigenvalue weighted by Gasteiger charge is -2.05. The van der Waals surface area contributed by atoms with E-state index in [-0.39, 0.29) is 6.04 Å². The van der Waals surface area contributed by atoms with Gasteiger partial charge < -0.3 is 5.32 Å². The van der Waals surface area contributed by atoms with Crippen molar-refractivity contribution in [3.05, 3.63) is 22.4 Å². The minimum absolute atomic E-state index is 0.0703. The van der Waals surface area contributed by atoms with E-state index in [1.54, 1.807) is 13.8 Å². The third-order valence-corrected chi connectivity index (χ3v) is 2.25. The second-order valence-corrected chi connectivity index (χ2v) is 4.16. The third kappa shape index (κ3) is 4.22. The van der Waals surface area contributed by atoms with E-state index >= 15 is 0 Å². The van der Waals surface area contributed by atoms with Crippen molar-refractivity contribution < 1.29 is 9.59 Å². The van der Waals surface area contributed by atoms with Gasteiger partial charge >= 0.3 is 11.8 Å². The van der Waals surface area contributed by atoms with Crippen LogP contribution in [-0.4, -0.2) is 24.1 Å². The lowest BCUT2D eigenvalue weighted by atomic mass is 10.4. The first-order chi connectivity index (χ1) is 7.59. The molecule has 1 rings (SSSR count). The molecule has 0 saturated carbocycles. The number of carbonyl (C=O) groups excluding carboxylic acids is 2. The van der Waals surface area contributed by atoms with Crippen molar-refractivity contribution in [1.29, 1.82) is 0 Å². The van der Waals surface area contributed by atoms with Gasteiger partial charge in [0.15, 0.2) is 0 Å². The van der Waals surface area contributed by atoms with Gasteiger partial charge in [0.25, 0.3) is 0 Å². The minimum atomic E-state index is -0.764. The standard InChI is InChI=1S/C10H13N3O2S/c1-7(2)12-9(14)10(15)13-11-5-8-3-4-16-6-8/h3-7H,1-2H3,(H,12,14)(H,13,15)/b11-5-. The lowest BCUT2D eigenvalue weighted by molar-refractivity contribution is -0.139. The summed E-state index contributed by atoms with van der Waals surface area (Å²) in [7, 11) is 0. The van der Waals surface area contributed by atoms with Crippen LogP contribution in [0.25, 0.3) is 0 Å². The van der Waals surface area contributed by atoms with E-state index < -0.39 is 11.8 Å². The van der Waals surface area contributed by atoms with E-state index in [1.807, 2.05) is 16.8 Å². The summed E-state index contributed by atoms with van der Waals surface area (Å²) >= 11 is 1.53. The summed E-state index contributed by atoms with van der Waals surface area (Å²) in [5, 5.41) is 9.90. The van der Waals surface area contributed by atoms with Gasteiger partial charge in [0.1, 0.15) is 0 Å².